The van der Waals surface area contributed by atoms with Crippen molar-refractivity contribution in [3.05, 3.63) is 72.8 Å². The van der Waals surface area contributed by atoms with Crippen molar-refractivity contribution in [1.82, 2.24) is 0 Å². The van der Waals surface area contributed by atoms with E-state index in [0.717, 1.165) is 5.75 Å². The van der Waals surface area contributed by atoms with Gasteiger partial charge >= 0.3 is 7.48 Å². The average molecular weight is 232 g/mol. The maximum Gasteiger partial charge on any atom is 0.374 e. The average Bonchev–Trinajstić information content (AvgIpc) is 2.46. The molecule has 0 unspecified atom stereocenters. The van der Waals surface area contributed by atoms with Crippen LogP contribution in [-0.2, 0) is 0 Å². The molecule has 3 aromatic carbocycles. The highest BCUT2D eigenvalue weighted by Gasteiger charge is 2.03. The predicted molar refractivity (Wildman–Crippen MR) is 77.8 cm³/mol. The van der Waals surface area contributed by atoms with Gasteiger partial charge < -0.3 is 4.65 Å². The third-order valence-electron chi connectivity index (χ3n) is 3.02. The quantitative estimate of drug-likeness (QED) is 0.631. The van der Waals surface area contributed by atoms with Crippen LogP contribution in [0.5, 0.6) is 5.75 Å². The summed E-state index contributed by atoms with van der Waals surface area (Å²) in [5.74, 6) is 0.908. The maximum atomic E-state index is 5.80. The minimum atomic E-state index is 0.603. The van der Waals surface area contributed by atoms with Crippen molar-refractivity contribution in [2.24, 2.45) is 0 Å². The van der Waals surface area contributed by atoms with Gasteiger partial charge in [0.1, 0.15) is 0 Å². The Hall–Kier alpha value is -2.22. The Morgan fingerprint density at radius 1 is 0.667 bits per heavy atom. The van der Waals surface area contributed by atoms with Crippen LogP contribution in [0.1, 0.15) is 0 Å². The van der Waals surface area contributed by atoms with Crippen LogP contribution in [0.15, 0.2) is 72.8 Å². The fourth-order valence-electron chi connectivity index (χ4n) is 2.10. The van der Waals surface area contributed by atoms with Gasteiger partial charge in [-0.05, 0) is 28.4 Å². The Balaban J connectivity index is 1.87. The van der Waals surface area contributed by atoms with Crippen molar-refractivity contribution in [2.45, 2.75) is 0 Å². The zero-order valence-electron chi connectivity index (χ0n) is 10.0. The first-order valence-electron chi connectivity index (χ1n) is 6.08. The smallest absolute Gasteiger partial charge is 0.374 e. The van der Waals surface area contributed by atoms with Crippen molar-refractivity contribution in [3.63, 3.8) is 0 Å². The molecule has 0 radical (unpaired) electrons. The van der Waals surface area contributed by atoms with Crippen molar-refractivity contribution in [1.29, 1.82) is 0 Å². The first-order valence-corrected chi connectivity index (χ1v) is 6.08. The van der Waals surface area contributed by atoms with Crippen molar-refractivity contribution in [2.75, 3.05) is 0 Å². The summed E-state index contributed by atoms with van der Waals surface area (Å²) in [6.45, 7) is 0. The molecule has 0 heterocycles. The second kappa shape index (κ2) is 4.97. The van der Waals surface area contributed by atoms with Crippen LogP contribution in [0, 0.1) is 0 Å². The number of benzene rings is 3. The van der Waals surface area contributed by atoms with E-state index in [0.29, 0.717) is 7.48 Å². The lowest BCUT2D eigenvalue weighted by atomic mass is 9.83. The zero-order valence-corrected chi connectivity index (χ0v) is 10.0. The van der Waals surface area contributed by atoms with Crippen molar-refractivity contribution in [3.8, 4) is 5.75 Å². The number of hydrogen-bond donors (Lipinski definition) is 0. The Labute approximate surface area is 107 Å². The molecule has 18 heavy (non-hydrogen) atoms. The highest BCUT2D eigenvalue weighted by molar-refractivity contribution is 6.52. The van der Waals surface area contributed by atoms with E-state index in [-0.39, 0.29) is 0 Å². The van der Waals surface area contributed by atoms with Gasteiger partial charge in [-0.2, -0.15) is 0 Å². The normalized spacial score (nSPS) is 10.2. The van der Waals surface area contributed by atoms with E-state index in [1.54, 1.807) is 0 Å². The summed E-state index contributed by atoms with van der Waals surface area (Å²) >= 11 is 0. The number of para-hydroxylation sites is 1. The third kappa shape index (κ3) is 2.23. The Bertz CT molecular complexity index is 644. The van der Waals surface area contributed by atoms with E-state index < -0.39 is 0 Å². The summed E-state index contributed by atoms with van der Waals surface area (Å²) in [4.78, 5) is 0. The number of fused-ring (bicyclic) bond motifs is 1. The van der Waals surface area contributed by atoms with E-state index in [2.05, 4.69) is 42.5 Å². The molecule has 0 saturated carbocycles. The Morgan fingerprint density at radius 2 is 1.39 bits per heavy atom. The molecule has 0 aliphatic heterocycles. The van der Waals surface area contributed by atoms with Crippen LogP contribution in [0.3, 0.4) is 0 Å². The summed E-state index contributed by atoms with van der Waals surface area (Å²) in [5.41, 5.74) is 1.22. The summed E-state index contributed by atoms with van der Waals surface area (Å²) < 4.78 is 5.80. The second-order valence-corrected chi connectivity index (χ2v) is 4.24. The molecule has 1 nitrogen and oxygen atoms in total. The molecule has 3 aromatic rings. The molecule has 0 bridgehead atoms. The lowest BCUT2D eigenvalue weighted by Crippen LogP contribution is -2.20. The molecule has 0 amide bonds. The molecule has 0 aliphatic rings. The predicted octanol–water partition coefficient (Wildman–Crippen LogP) is 2.90. The molecule has 3 rings (SSSR count). The van der Waals surface area contributed by atoms with Crippen LogP contribution < -0.4 is 10.1 Å². The van der Waals surface area contributed by atoms with Crippen LogP contribution in [-0.4, -0.2) is 7.48 Å². The van der Waals surface area contributed by atoms with Gasteiger partial charge in [0, 0.05) is 0 Å². The largest absolute Gasteiger partial charge is 0.559 e. The zero-order chi connectivity index (χ0) is 12.2. The first-order chi connectivity index (χ1) is 8.93. The minimum absolute atomic E-state index is 0.603. The van der Waals surface area contributed by atoms with Gasteiger partial charge in [-0.1, -0.05) is 60.7 Å². The minimum Gasteiger partial charge on any atom is -0.559 e. The SMILES string of the molecule is B(Oc1ccccc1)c1cccc2ccccc12. The molecule has 0 N–H and O–H groups in total. The Kier molecular flexibility index (Phi) is 3.01. The Morgan fingerprint density at radius 3 is 2.28 bits per heavy atom. The summed E-state index contributed by atoms with van der Waals surface area (Å²) in [7, 11) is 0.603. The third-order valence-corrected chi connectivity index (χ3v) is 3.02. The first kappa shape index (κ1) is 10.9. The number of rotatable bonds is 3. The van der Waals surface area contributed by atoms with E-state index in [9.17, 15) is 0 Å². The van der Waals surface area contributed by atoms with E-state index in [1.165, 1.54) is 16.2 Å². The van der Waals surface area contributed by atoms with Crippen molar-refractivity contribution < 1.29 is 4.65 Å². The summed E-state index contributed by atoms with van der Waals surface area (Å²) in [6.07, 6.45) is 0. The molecule has 86 valence electrons. The highest BCUT2D eigenvalue weighted by atomic mass is 16.4. The van der Waals surface area contributed by atoms with E-state index in [1.807, 2.05) is 30.3 Å². The van der Waals surface area contributed by atoms with Gasteiger partial charge in [0.05, 0.1) is 5.75 Å². The van der Waals surface area contributed by atoms with E-state index in [4.69, 9.17) is 4.65 Å². The topological polar surface area (TPSA) is 9.23 Å². The van der Waals surface area contributed by atoms with Gasteiger partial charge in [-0.3, -0.25) is 0 Å². The summed E-state index contributed by atoms with van der Waals surface area (Å²) in [6, 6.07) is 24.6. The van der Waals surface area contributed by atoms with E-state index >= 15 is 0 Å². The van der Waals surface area contributed by atoms with Crippen LogP contribution in [0.25, 0.3) is 10.8 Å². The standard InChI is InChI=1S/C16H13BO/c1-2-9-14(10-3-1)18-17-16-12-6-8-13-7-4-5-11-15(13)16/h1-12,17H. The molecule has 0 spiro atoms. The van der Waals surface area contributed by atoms with Gasteiger partial charge in [0.15, 0.2) is 0 Å². The monoisotopic (exact) mass is 232 g/mol. The fraction of sp³-hybridized carbons (Fsp3) is 0. The van der Waals surface area contributed by atoms with Gasteiger partial charge in [0.25, 0.3) is 0 Å². The highest BCUT2D eigenvalue weighted by Crippen LogP contribution is 2.11. The molecule has 0 atom stereocenters. The lowest BCUT2D eigenvalue weighted by Gasteiger charge is -2.07. The van der Waals surface area contributed by atoms with Gasteiger partial charge in [-0.15, -0.1) is 0 Å². The van der Waals surface area contributed by atoms with Crippen LogP contribution in [0.2, 0.25) is 0 Å². The second-order valence-electron chi connectivity index (χ2n) is 4.24. The van der Waals surface area contributed by atoms with Gasteiger partial charge in [0.2, 0.25) is 0 Å². The van der Waals surface area contributed by atoms with Crippen molar-refractivity contribution >= 4 is 23.7 Å². The fourth-order valence-corrected chi connectivity index (χ4v) is 2.10. The molecule has 0 saturated heterocycles. The lowest BCUT2D eigenvalue weighted by molar-refractivity contribution is 0.605. The molecule has 0 aromatic heterocycles. The van der Waals surface area contributed by atoms with Crippen LogP contribution >= 0.6 is 0 Å². The maximum absolute atomic E-state index is 5.80. The van der Waals surface area contributed by atoms with Gasteiger partial charge in [-0.25, -0.2) is 0 Å². The van der Waals surface area contributed by atoms with Crippen LogP contribution in [0.4, 0.5) is 0 Å². The molecule has 2 heteroatoms. The summed E-state index contributed by atoms with van der Waals surface area (Å²) in [5, 5.41) is 2.52. The molecular weight excluding hydrogens is 219 g/mol. The molecule has 0 aliphatic carbocycles. The molecular formula is C16H13BO. The number of hydrogen-bond acceptors (Lipinski definition) is 1. The molecule has 0 fully saturated rings.